The number of nitrogens with one attached hydrogen (secondary N) is 1. The molecule has 0 atom stereocenters. The van der Waals surface area contributed by atoms with E-state index in [1.54, 1.807) is 12.1 Å². The van der Waals surface area contributed by atoms with Gasteiger partial charge in [0.05, 0.1) is 18.4 Å². The number of methoxy groups -OCH3 is 1. The molecule has 0 saturated carbocycles. The standard InChI is InChI=1S/C14H12F4N2O/c1-21-13-12(3-2-4-19-13)20-8-9-5-10(14(16,17)18)7-11(15)6-9/h2-7,20H,8H2,1H3. The molecule has 0 saturated heterocycles. The number of aromatic nitrogens is 1. The first kappa shape index (κ1) is 15.1. The number of alkyl halides is 3. The first-order valence-corrected chi connectivity index (χ1v) is 5.99. The number of ether oxygens (including phenoxy) is 1. The third-order valence-electron chi connectivity index (χ3n) is 2.73. The first-order chi connectivity index (χ1) is 9.90. The Balaban J connectivity index is 2.19. The summed E-state index contributed by atoms with van der Waals surface area (Å²) < 4.78 is 56.1. The van der Waals surface area contributed by atoms with Crippen LogP contribution in [0.3, 0.4) is 0 Å². The molecule has 0 spiro atoms. The molecular weight excluding hydrogens is 288 g/mol. The summed E-state index contributed by atoms with van der Waals surface area (Å²) in [6.07, 6.45) is -3.06. The highest BCUT2D eigenvalue weighted by Gasteiger charge is 2.31. The molecule has 7 heteroatoms. The van der Waals surface area contributed by atoms with Crippen LogP contribution in [-0.2, 0) is 12.7 Å². The van der Waals surface area contributed by atoms with E-state index in [1.165, 1.54) is 13.3 Å². The number of nitrogens with zero attached hydrogens (tertiary/aromatic N) is 1. The zero-order valence-electron chi connectivity index (χ0n) is 11.0. The number of benzene rings is 1. The number of pyridine rings is 1. The molecule has 1 heterocycles. The molecule has 0 aliphatic carbocycles. The fourth-order valence-electron chi connectivity index (χ4n) is 1.80. The average Bonchev–Trinajstić information content (AvgIpc) is 2.44. The van der Waals surface area contributed by atoms with Crippen LogP contribution in [0.2, 0.25) is 0 Å². The first-order valence-electron chi connectivity index (χ1n) is 5.99. The van der Waals surface area contributed by atoms with Gasteiger partial charge in [-0.05, 0) is 35.9 Å². The summed E-state index contributed by atoms with van der Waals surface area (Å²) in [4.78, 5) is 3.95. The zero-order chi connectivity index (χ0) is 15.5. The molecule has 0 amide bonds. The third kappa shape index (κ3) is 3.84. The Hall–Kier alpha value is -2.31. The van der Waals surface area contributed by atoms with Crippen LogP contribution in [0.1, 0.15) is 11.1 Å². The second kappa shape index (κ2) is 5.99. The summed E-state index contributed by atoms with van der Waals surface area (Å²) in [5.41, 5.74) is -0.330. The monoisotopic (exact) mass is 300 g/mol. The van der Waals surface area contributed by atoms with Crippen LogP contribution >= 0.6 is 0 Å². The topological polar surface area (TPSA) is 34.1 Å². The number of hydrogen-bond acceptors (Lipinski definition) is 3. The lowest BCUT2D eigenvalue weighted by Crippen LogP contribution is -2.08. The third-order valence-corrected chi connectivity index (χ3v) is 2.73. The second-order valence-electron chi connectivity index (χ2n) is 4.26. The van der Waals surface area contributed by atoms with Gasteiger partial charge in [0.15, 0.2) is 0 Å². The van der Waals surface area contributed by atoms with Crippen LogP contribution in [0.25, 0.3) is 0 Å². The molecule has 1 aromatic heterocycles. The van der Waals surface area contributed by atoms with E-state index in [-0.39, 0.29) is 12.1 Å². The van der Waals surface area contributed by atoms with E-state index in [2.05, 4.69) is 10.3 Å². The van der Waals surface area contributed by atoms with E-state index in [0.29, 0.717) is 17.6 Å². The fourth-order valence-corrected chi connectivity index (χ4v) is 1.80. The highest BCUT2D eigenvalue weighted by molar-refractivity contribution is 5.52. The van der Waals surface area contributed by atoms with Crippen LogP contribution in [0.15, 0.2) is 36.5 Å². The largest absolute Gasteiger partial charge is 0.480 e. The molecule has 112 valence electrons. The lowest BCUT2D eigenvalue weighted by molar-refractivity contribution is -0.137. The van der Waals surface area contributed by atoms with Crippen molar-refractivity contribution in [2.45, 2.75) is 12.7 Å². The predicted octanol–water partition coefficient (Wildman–Crippen LogP) is 3.86. The molecule has 3 nitrogen and oxygen atoms in total. The lowest BCUT2D eigenvalue weighted by atomic mass is 10.1. The molecule has 1 N–H and O–H groups in total. The molecule has 0 radical (unpaired) electrons. The van der Waals surface area contributed by atoms with E-state index in [9.17, 15) is 17.6 Å². The molecule has 0 aliphatic rings. The van der Waals surface area contributed by atoms with Crippen molar-refractivity contribution in [3.63, 3.8) is 0 Å². The summed E-state index contributed by atoms with van der Waals surface area (Å²) in [7, 11) is 1.43. The summed E-state index contributed by atoms with van der Waals surface area (Å²) in [5.74, 6) is -0.621. The number of anilines is 1. The van der Waals surface area contributed by atoms with Gasteiger partial charge in [-0.2, -0.15) is 13.2 Å². The van der Waals surface area contributed by atoms with Gasteiger partial charge >= 0.3 is 6.18 Å². The predicted molar refractivity (Wildman–Crippen MR) is 69.5 cm³/mol. The maximum absolute atomic E-state index is 13.3. The fraction of sp³-hybridized carbons (Fsp3) is 0.214. The Bertz CT molecular complexity index is 629. The van der Waals surface area contributed by atoms with Crippen LogP contribution in [-0.4, -0.2) is 12.1 Å². The van der Waals surface area contributed by atoms with Gasteiger partial charge in [-0.1, -0.05) is 0 Å². The van der Waals surface area contributed by atoms with Crippen LogP contribution < -0.4 is 10.1 Å². The van der Waals surface area contributed by atoms with Gasteiger partial charge in [0.25, 0.3) is 0 Å². The quantitative estimate of drug-likeness (QED) is 0.871. The van der Waals surface area contributed by atoms with E-state index >= 15 is 0 Å². The molecule has 1 aromatic carbocycles. The van der Waals surface area contributed by atoms with Gasteiger partial charge < -0.3 is 10.1 Å². The van der Waals surface area contributed by atoms with Crippen LogP contribution in [0, 0.1) is 5.82 Å². The molecule has 0 unspecified atom stereocenters. The second-order valence-corrected chi connectivity index (χ2v) is 4.26. The molecule has 0 bridgehead atoms. The van der Waals surface area contributed by atoms with Crippen molar-refractivity contribution < 1.29 is 22.3 Å². The molecule has 2 rings (SSSR count). The normalized spacial score (nSPS) is 11.3. The molecule has 0 fully saturated rings. The molecule has 21 heavy (non-hydrogen) atoms. The highest BCUT2D eigenvalue weighted by atomic mass is 19.4. The van der Waals surface area contributed by atoms with Gasteiger partial charge in [-0.3, -0.25) is 0 Å². The van der Waals surface area contributed by atoms with Crippen molar-refractivity contribution in [1.29, 1.82) is 0 Å². The molecular formula is C14H12F4N2O. The Morgan fingerprint density at radius 1 is 1.24 bits per heavy atom. The van der Waals surface area contributed by atoms with Gasteiger partial charge in [0.1, 0.15) is 5.82 Å². The Morgan fingerprint density at radius 3 is 2.67 bits per heavy atom. The van der Waals surface area contributed by atoms with Crippen molar-refractivity contribution in [1.82, 2.24) is 4.98 Å². The number of halogens is 4. The smallest absolute Gasteiger partial charge is 0.416 e. The van der Waals surface area contributed by atoms with Crippen molar-refractivity contribution in [2.75, 3.05) is 12.4 Å². The highest BCUT2D eigenvalue weighted by Crippen LogP contribution is 2.30. The maximum Gasteiger partial charge on any atom is 0.416 e. The Labute approximate surface area is 118 Å². The Morgan fingerprint density at radius 2 is 2.00 bits per heavy atom. The molecule has 0 aliphatic heterocycles. The molecule has 2 aromatic rings. The minimum absolute atomic E-state index is 0.0168. The Kier molecular flexibility index (Phi) is 4.30. The van der Waals surface area contributed by atoms with Gasteiger partial charge in [-0.25, -0.2) is 9.37 Å². The summed E-state index contributed by atoms with van der Waals surface area (Å²) in [5, 5.41) is 2.86. The van der Waals surface area contributed by atoms with Crippen molar-refractivity contribution >= 4 is 5.69 Å². The van der Waals surface area contributed by atoms with Crippen molar-refractivity contribution in [3.05, 3.63) is 53.5 Å². The number of rotatable bonds is 4. The minimum atomic E-state index is -4.58. The minimum Gasteiger partial charge on any atom is -0.480 e. The lowest BCUT2D eigenvalue weighted by Gasteiger charge is -2.12. The number of hydrogen-bond donors (Lipinski definition) is 1. The van der Waals surface area contributed by atoms with Crippen molar-refractivity contribution in [3.8, 4) is 5.88 Å². The van der Waals surface area contributed by atoms with E-state index in [0.717, 1.165) is 12.1 Å². The van der Waals surface area contributed by atoms with E-state index in [4.69, 9.17) is 4.74 Å². The summed E-state index contributed by atoms with van der Waals surface area (Å²) in [6.45, 7) is 0.0168. The maximum atomic E-state index is 13.3. The van der Waals surface area contributed by atoms with Crippen LogP contribution in [0.4, 0.5) is 23.2 Å². The van der Waals surface area contributed by atoms with Gasteiger partial charge in [0, 0.05) is 12.7 Å². The summed E-state index contributed by atoms with van der Waals surface area (Å²) >= 11 is 0. The van der Waals surface area contributed by atoms with Crippen LogP contribution in [0.5, 0.6) is 5.88 Å². The SMILES string of the molecule is COc1ncccc1NCc1cc(F)cc(C(F)(F)F)c1. The average molecular weight is 300 g/mol. The zero-order valence-corrected chi connectivity index (χ0v) is 11.0. The van der Waals surface area contributed by atoms with Gasteiger partial charge in [-0.15, -0.1) is 0 Å². The van der Waals surface area contributed by atoms with Crippen molar-refractivity contribution in [2.24, 2.45) is 0 Å². The van der Waals surface area contributed by atoms with Gasteiger partial charge in [0.2, 0.25) is 5.88 Å². The van der Waals surface area contributed by atoms with E-state index < -0.39 is 17.6 Å². The van der Waals surface area contributed by atoms with E-state index in [1.807, 2.05) is 0 Å². The summed E-state index contributed by atoms with van der Waals surface area (Å²) in [6, 6.07) is 5.73.